The molecule has 0 aliphatic heterocycles. The number of aromatic nitrogens is 2. The summed E-state index contributed by atoms with van der Waals surface area (Å²) in [6.07, 6.45) is 4.81. The Balaban J connectivity index is 0.00000261. The zero-order valence-corrected chi connectivity index (χ0v) is 17.5. The summed E-state index contributed by atoms with van der Waals surface area (Å²) in [6, 6.07) is 10.1. The Hall–Kier alpha value is -2.33. The first-order valence-electron chi connectivity index (χ1n) is 7.74. The van der Waals surface area contributed by atoms with E-state index in [2.05, 4.69) is 15.3 Å². The summed E-state index contributed by atoms with van der Waals surface area (Å²) in [4.78, 5) is 8.13. The van der Waals surface area contributed by atoms with Crippen LogP contribution in [0, 0.1) is 5.82 Å². The SMILES string of the molecule is COc1ccc(NC(N)=NCc2ccc(-n3ccnc3)c(F)c2)cc1Cl.I. The molecule has 27 heavy (non-hydrogen) atoms. The molecule has 142 valence electrons. The van der Waals surface area contributed by atoms with Crippen molar-refractivity contribution < 1.29 is 9.13 Å². The van der Waals surface area contributed by atoms with Crippen molar-refractivity contribution in [2.75, 3.05) is 12.4 Å². The number of ether oxygens (including phenoxy) is 1. The van der Waals surface area contributed by atoms with E-state index in [1.54, 1.807) is 54.4 Å². The molecule has 0 fully saturated rings. The van der Waals surface area contributed by atoms with Gasteiger partial charge in [-0.2, -0.15) is 0 Å². The van der Waals surface area contributed by atoms with Crippen LogP contribution in [0.2, 0.25) is 5.02 Å². The third kappa shape index (κ3) is 5.33. The molecular weight excluding hydrogens is 484 g/mol. The molecule has 6 nitrogen and oxygen atoms in total. The fourth-order valence-electron chi connectivity index (χ4n) is 2.37. The molecule has 0 bridgehead atoms. The maximum absolute atomic E-state index is 14.2. The summed E-state index contributed by atoms with van der Waals surface area (Å²) in [7, 11) is 1.54. The molecule has 3 aromatic rings. The Bertz CT molecular complexity index is 934. The van der Waals surface area contributed by atoms with E-state index in [1.165, 1.54) is 12.4 Å². The molecule has 0 saturated heterocycles. The normalized spacial score (nSPS) is 11.0. The average Bonchev–Trinajstić information content (AvgIpc) is 3.14. The molecule has 0 amide bonds. The second kappa shape index (κ2) is 9.56. The number of nitrogens with zero attached hydrogens (tertiary/aromatic N) is 3. The van der Waals surface area contributed by atoms with Gasteiger partial charge in [-0.1, -0.05) is 17.7 Å². The van der Waals surface area contributed by atoms with Gasteiger partial charge in [-0.3, -0.25) is 0 Å². The molecule has 0 saturated carbocycles. The van der Waals surface area contributed by atoms with Crippen LogP contribution in [-0.2, 0) is 6.54 Å². The Morgan fingerprint density at radius 1 is 1.33 bits per heavy atom. The average molecular weight is 502 g/mol. The number of aliphatic imine (C=N–C) groups is 1. The van der Waals surface area contributed by atoms with Crippen molar-refractivity contribution in [3.05, 3.63) is 71.5 Å². The summed E-state index contributed by atoms with van der Waals surface area (Å²) in [5.74, 6) is 0.413. The largest absolute Gasteiger partial charge is 0.495 e. The van der Waals surface area contributed by atoms with E-state index >= 15 is 0 Å². The van der Waals surface area contributed by atoms with Crippen molar-refractivity contribution in [2.24, 2.45) is 10.7 Å². The van der Waals surface area contributed by atoms with Gasteiger partial charge in [0.15, 0.2) is 5.96 Å². The van der Waals surface area contributed by atoms with Gasteiger partial charge in [0.2, 0.25) is 0 Å². The third-order valence-corrected chi connectivity index (χ3v) is 3.95. The third-order valence-electron chi connectivity index (χ3n) is 3.65. The summed E-state index contributed by atoms with van der Waals surface area (Å²) < 4.78 is 20.9. The lowest BCUT2D eigenvalue weighted by atomic mass is 10.2. The van der Waals surface area contributed by atoms with Crippen molar-refractivity contribution in [1.82, 2.24) is 9.55 Å². The maximum atomic E-state index is 14.2. The minimum atomic E-state index is -0.357. The molecule has 2 aromatic carbocycles. The van der Waals surface area contributed by atoms with Crippen LogP contribution < -0.4 is 15.8 Å². The number of rotatable bonds is 5. The molecule has 3 N–H and O–H groups in total. The predicted octanol–water partition coefficient (Wildman–Crippen LogP) is 4.22. The molecule has 0 unspecified atom stereocenters. The first-order chi connectivity index (χ1) is 12.6. The number of hydrogen-bond acceptors (Lipinski definition) is 3. The molecule has 0 aliphatic carbocycles. The summed E-state index contributed by atoms with van der Waals surface area (Å²) in [5, 5.41) is 3.39. The van der Waals surface area contributed by atoms with Crippen LogP contribution in [0.3, 0.4) is 0 Å². The van der Waals surface area contributed by atoms with Crippen LogP contribution in [0.15, 0.2) is 60.1 Å². The molecule has 0 spiro atoms. The van der Waals surface area contributed by atoms with Gasteiger partial charge in [-0.05, 0) is 35.9 Å². The number of anilines is 1. The van der Waals surface area contributed by atoms with E-state index in [-0.39, 0.29) is 42.3 Å². The van der Waals surface area contributed by atoms with E-state index in [1.807, 2.05) is 0 Å². The Labute approximate surface area is 178 Å². The van der Waals surface area contributed by atoms with E-state index in [9.17, 15) is 4.39 Å². The molecule has 9 heteroatoms. The number of guanidine groups is 1. The molecule has 0 radical (unpaired) electrons. The summed E-state index contributed by atoms with van der Waals surface area (Å²) in [6.45, 7) is 0.240. The van der Waals surface area contributed by atoms with Gasteiger partial charge in [0.05, 0.1) is 30.7 Å². The van der Waals surface area contributed by atoms with Crippen LogP contribution in [0.25, 0.3) is 5.69 Å². The number of nitrogens with two attached hydrogens (primary N) is 1. The number of methoxy groups -OCH3 is 1. The van der Waals surface area contributed by atoms with Crippen molar-refractivity contribution >= 4 is 47.2 Å². The van der Waals surface area contributed by atoms with Gasteiger partial charge in [-0.15, -0.1) is 24.0 Å². The number of imidazole rings is 1. The predicted molar refractivity (Wildman–Crippen MR) is 116 cm³/mol. The van der Waals surface area contributed by atoms with Crippen LogP contribution in [-0.4, -0.2) is 22.6 Å². The number of hydrogen-bond donors (Lipinski definition) is 2. The quantitative estimate of drug-likeness (QED) is 0.312. The molecule has 1 aromatic heterocycles. The fourth-order valence-corrected chi connectivity index (χ4v) is 2.63. The van der Waals surface area contributed by atoms with Crippen LogP contribution in [0.1, 0.15) is 5.56 Å². The van der Waals surface area contributed by atoms with E-state index in [0.717, 1.165) is 0 Å². The smallest absolute Gasteiger partial charge is 0.193 e. The van der Waals surface area contributed by atoms with Gasteiger partial charge >= 0.3 is 0 Å². The minimum Gasteiger partial charge on any atom is -0.495 e. The molecule has 3 rings (SSSR count). The summed E-state index contributed by atoms with van der Waals surface area (Å²) >= 11 is 6.07. The molecular formula is C18H18ClFIN5O. The van der Waals surface area contributed by atoms with E-state index < -0.39 is 0 Å². The van der Waals surface area contributed by atoms with Crippen molar-refractivity contribution in [3.63, 3.8) is 0 Å². The van der Waals surface area contributed by atoms with Crippen LogP contribution >= 0.6 is 35.6 Å². The molecule has 0 atom stereocenters. The zero-order valence-electron chi connectivity index (χ0n) is 14.4. The first-order valence-corrected chi connectivity index (χ1v) is 8.12. The monoisotopic (exact) mass is 501 g/mol. The van der Waals surface area contributed by atoms with Gasteiger partial charge in [0, 0.05) is 18.1 Å². The van der Waals surface area contributed by atoms with Gasteiger partial charge < -0.3 is 20.4 Å². The van der Waals surface area contributed by atoms with Crippen molar-refractivity contribution in [3.8, 4) is 11.4 Å². The minimum absolute atomic E-state index is 0. The lowest BCUT2D eigenvalue weighted by Gasteiger charge is -2.09. The Morgan fingerprint density at radius 3 is 2.78 bits per heavy atom. The van der Waals surface area contributed by atoms with Gasteiger partial charge in [-0.25, -0.2) is 14.4 Å². The maximum Gasteiger partial charge on any atom is 0.193 e. The van der Waals surface area contributed by atoms with Gasteiger partial charge in [0.1, 0.15) is 11.6 Å². The van der Waals surface area contributed by atoms with Crippen molar-refractivity contribution in [1.29, 1.82) is 0 Å². The zero-order chi connectivity index (χ0) is 18.5. The number of halogens is 3. The standard InChI is InChI=1S/C18H17ClFN5O.HI/c1-26-17-5-3-13(9-14(17)19)24-18(21)23-10-12-2-4-16(15(20)8-12)25-7-6-22-11-25;/h2-9,11H,10H2,1H3,(H3,21,23,24);1H. The van der Waals surface area contributed by atoms with Gasteiger partial charge in [0.25, 0.3) is 0 Å². The van der Waals surface area contributed by atoms with Crippen LogP contribution in [0.4, 0.5) is 10.1 Å². The van der Waals surface area contributed by atoms with E-state index in [0.29, 0.717) is 27.7 Å². The second-order valence-corrected chi connectivity index (χ2v) is 5.84. The number of nitrogens with one attached hydrogen (secondary N) is 1. The Kier molecular flexibility index (Phi) is 7.43. The highest BCUT2D eigenvalue weighted by Gasteiger charge is 2.06. The molecule has 0 aliphatic rings. The fraction of sp³-hybridized carbons (Fsp3) is 0.111. The first kappa shape index (κ1) is 21.0. The van der Waals surface area contributed by atoms with Crippen LogP contribution in [0.5, 0.6) is 5.75 Å². The highest BCUT2D eigenvalue weighted by Crippen LogP contribution is 2.27. The van der Waals surface area contributed by atoms with E-state index in [4.69, 9.17) is 22.1 Å². The number of benzene rings is 2. The topological polar surface area (TPSA) is 77.5 Å². The van der Waals surface area contributed by atoms with Crippen molar-refractivity contribution in [2.45, 2.75) is 6.54 Å². The Morgan fingerprint density at radius 2 is 2.15 bits per heavy atom. The highest BCUT2D eigenvalue weighted by atomic mass is 127. The molecule has 1 heterocycles. The lowest BCUT2D eigenvalue weighted by molar-refractivity contribution is 0.415. The highest BCUT2D eigenvalue weighted by molar-refractivity contribution is 14.0. The lowest BCUT2D eigenvalue weighted by Crippen LogP contribution is -2.22. The second-order valence-electron chi connectivity index (χ2n) is 5.43. The summed E-state index contributed by atoms with van der Waals surface area (Å²) in [5.41, 5.74) is 7.68.